The van der Waals surface area contributed by atoms with Gasteiger partial charge in [-0.15, -0.1) is 0 Å². The predicted molar refractivity (Wildman–Crippen MR) is 128 cm³/mol. The molecule has 1 fully saturated rings. The van der Waals surface area contributed by atoms with E-state index in [9.17, 15) is 4.79 Å². The van der Waals surface area contributed by atoms with Crippen molar-refractivity contribution >= 4 is 5.91 Å². The monoisotopic (exact) mass is 428 g/mol. The largest absolute Gasteiger partial charge is 0.367 e. The Morgan fingerprint density at radius 1 is 0.750 bits per heavy atom. The van der Waals surface area contributed by atoms with Crippen molar-refractivity contribution in [1.29, 1.82) is 0 Å². The SMILES string of the molecule is O=C(CCc1ccccc1)N1CCN(CCOC(c2ccccc2)c2ccccc2)CC1. The van der Waals surface area contributed by atoms with Gasteiger partial charge in [-0.1, -0.05) is 91.0 Å². The summed E-state index contributed by atoms with van der Waals surface area (Å²) in [6, 6.07) is 31.0. The van der Waals surface area contributed by atoms with Crippen molar-refractivity contribution in [3.63, 3.8) is 0 Å². The van der Waals surface area contributed by atoms with Gasteiger partial charge in [0.25, 0.3) is 0 Å². The number of ether oxygens (including phenoxy) is 1. The molecule has 1 aliphatic rings. The zero-order valence-electron chi connectivity index (χ0n) is 18.6. The lowest BCUT2D eigenvalue weighted by Crippen LogP contribution is -2.49. The van der Waals surface area contributed by atoms with E-state index < -0.39 is 0 Å². The summed E-state index contributed by atoms with van der Waals surface area (Å²) in [5.41, 5.74) is 3.57. The lowest BCUT2D eigenvalue weighted by atomic mass is 10.0. The summed E-state index contributed by atoms with van der Waals surface area (Å²) in [7, 11) is 0. The van der Waals surface area contributed by atoms with Crippen LogP contribution in [0.3, 0.4) is 0 Å². The molecular weight excluding hydrogens is 396 g/mol. The van der Waals surface area contributed by atoms with Gasteiger partial charge in [-0.25, -0.2) is 0 Å². The normalized spacial score (nSPS) is 14.6. The van der Waals surface area contributed by atoms with E-state index in [0.717, 1.165) is 39.1 Å². The van der Waals surface area contributed by atoms with Crippen LogP contribution in [0.1, 0.15) is 29.2 Å². The molecule has 1 saturated heterocycles. The first kappa shape index (κ1) is 22.3. The van der Waals surface area contributed by atoms with Crippen LogP contribution in [0.15, 0.2) is 91.0 Å². The van der Waals surface area contributed by atoms with E-state index in [-0.39, 0.29) is 12.0 Å². The van der Waals surface area contributed by atoms with Crippen LogP contribution in [0.25, 0.3) is 0 Å². The minimum Gasteiger partial charge on any atom is -0.367 e. The fourth-order valence-corrected chi connectivity index (χ4v) is 4.22. The lowest BCUT2D eigenvalue weighted by molar-refractivity contribution is -0.133. The smallest absolute Gasteiger partial charge is 0.222 e. The fourth-order valence-electron chi connectivity index (χ4n) is 4.22. The van der Waals surface area contributed by atoms with Crippen LogP contribution in [-0.2, 0) is 16.0 Å². The number of hydrogen-bond donors (Lipinski definition) is 0. The molecular formula is C28H32N2O2. The molecule has 4 heteroatoms. The third kappa shape index (κ3) is 6.28. The third-order valence-corrected chi connectivity index (χ3v) is 6.09. The minimum atomic E-state index is -0.0572. The fraction of sp³-hybridized carbons (Fsp3) is 0.321. The van der Waals surface area contributed by atoms with Crippen molar-refractivity contribution in [1.82, 2.24) is 9.80 Å². The second-order valence-electron chi connectivity index (χ2n) is 8.28. The van der Waals surface area contributed by atoms with E-state index in [4.69, 9.17) is 4.74 Å². The summed E-state index contributed by atoms with van der Waals surface area (Å²) < 4.78 is 6.36. The minimum absolute atomic E-state index is 0.0572. The molecule has 0 N–H and O–H groups in total. The molecule has 1 aliphatic heterocycles. The second kappa shape index (κ2) is 11.6. The average molecular weight is 429 g/mol. The molecule has 3 aromatic carbocycles. The van der Waals surface area contributed by atoms with Crippen LogP contribution in [0.2, 0.25) is 0 Å². The Hall–Kier alpha value is -2.95. The van der Waals surface area contributed by atoms with Gasteiger partial charge in [-0.2, -0.15) is 0 Å². The summed E-state index contributed by atoms with van der Waals surface area (Å²) >= 11 is 0. The Morgan fingerprint density at radius 2 is 1.28 bits per heavy atom. The highest BCUT2D eigenvalue weighted by Crippen LogP contribution is 2.25. The van der Waals surface area contributed by atoms with Crippen LogP contribution < -0.4 is 0 Å². The Kier molecular flexibility index (Phi) is 8.07. The third-order valence-electron chi connectivity index (χ3n) is 6.09. The molecule has 4 rings (SSSR count). The van der Waals surface area contributed by atoms with Crippen LogP contribution in [0.4, 0.5) is 0 Å². The second-order valence-corrected chi connectivity index (χ2v) is 8.28. The number of rotatable bonds is 9. The number of amides is 1. The van der Waals surface area contributed by atoms with Gasteiger partial charge >= 0.3 is 0 Å². The quantitative estimate of drug-likeness (QED) is 0.501. The first-order valence-corrected chi connectivity index (χ1v) is 11.5. The molecule has 0 saturated carbocycles. The van der Waals surface area contributed by atoms with Crippen LogP contribution in [0, 0.1) is 0 Å². The standard InChI is InChI=1S/C28H32N2O2/c31-27(17-16-24-10-4-1-5-11-24)30-20-18-29(19-21-30)22-23-32-28(25-12-6-2-7-13-25)26-14-8-3-9-15-26/h1-15,28H,16-23H2. The van der Waals surface area contributed by atoms with E-state index in [1.807, 2.05) is 35.2 Å². The number of carbonyl (C=O) groups excluding carboxylic acids is 1. The van der Waals surface area contributed by atoms with Crippen molar-refractivity contribution in [2.24, 2.45) is 0 Å². The molecule has 3 aromatic rings. The predicted octanol–water partition coefficient (Wildman–Crippen LogP) is 4.57. The molecule has 0 aliphatic carbocycles. The molecule has 166 valence electrons. The van der Waals surface area contributed by atoms with Gasteiger partial charge in [0, 0.05) is 39.1 Å². The Bertz CT molecular complexity index is 899. The van der Waals surface area contributed by atoms with Gasteiger partial charge in [0.2, 0.25) is 5.91 Å². The molecule has 4 nitrogen and oxygen atoms in total. The first-order valence-electron chi connectivity index (χ1n) is 11.5. The summed E-state index contributed by atoms with van der Waals surface area (Å²) in [5.74, 6) is 0.262. The van der Waals surface area contributed by atoms with Gasteiger partial charge < -0.3 is 9.64 Å². The molecule has 0 radical (unpaired) electrons. The first-order chi connectivity index (χ1) is 15.8. The van der Waals surface area contributed by atoms with Gasteiger partial charge in [-0.05, 0) is 23.1 Å². The molecule has 0 unspecified atom stereocenters. The molecule has 0 aromatic heterocycles. The molecule has 1 heterocycles. The van der Waals surface area contributed by atoms with Gasteiger partial charge in [0.15, 0.2) is 0 Å². The van der Waals surface area contributed by atoms with E-state index in [0.29, 0.717) is 13.0 Å². The summed E-state index contributed by atoms with van der Waals surface area (Å²) in [5, 5.41) is 0. The summed E-state index contributed by atoms with van der Waals surface area (Å²) in [6.07, 6.45) is 1.34. The van der Waals surface area contributed by atoms with Crippen molar-refractivity contribution in [3.05, 3.63) is 108 Å². The number of piperazine rings is 1. The van der Waals surface area contributed by atoms with Gasteiger partial charge in [-0.3, -0.25) is 9.69 Å². The van der Waals surface area contributed by atoms with E-state index in [1.54, 1.807) is 0 Å². The Labute approximate surface area is 191 Å². The zero-order chi connectivity index (χ0) is 22.0. The number of benzene rings is 3. The Balaban J connectivity index is 1.22. The van der Waals surface area contributed by atoms with Crippen LogP contribution in [0.5, 0.6) is 0 Å². The highest BCUT2D eigenvalue weighted by molar-refractivity contribution is 5.76. The van der Waals surface area contributed by atoms with Crippen molar-refractivity contribution in [2.45, 2.75) is 18.9 Å². The number of nitrogens with zero attached hydrogens (tertiary/aromatic N) is 2. The molecule has 1 amide bonds. The highest BCUT2D eigenvalue weighted by atomic mass is 16.5. The van der Waals surface area contributed by atoms with E-state index in [1.165, 1.54) is 16.7 Å². The number of hydrogen-bond acceptors (Lipinski definition) is 3. The van der Waals surface area contributed by atoms with E-state index >= 15 is 0 Å². The van der Waals surface area contributed by atoms with Crippen molar-refractivity contribution in [3.8, 4) is 0 Å². The topological polar surface area (TPSA) is 32.8 Å². The summed E-state index contributed by atoms with van der Waals surface area (Å²) in [6.45, 7) is 4.95. The number of carbonyl (C=O) groups is 1. The summed E-state index contributed by atoms with van der Waals surface area (Å²) in [4.78, 5) is 17.0. The molecule has 0 spiro atoms. The maximum absolute atomic E-state index is 12.6. The van der Waals surface area contributed by atoms with Crippen molar-refractivity contribution in [2.75, 3.05) is 39.3 Å². The molecule has 0 bridgehead atoms. The zero-order valence-corrected chi connectivity index (χ0v) is 18.6. The molecule has 32 heavy (non-hydrogen) atoms. The number of aryl methyl sites for hydroxylation is 1. The van der Waals surface area contributed by atoms with Crippen molar-refractivity contribution < 1.29 is 9.53 Å². The van der Waals surface area contributed by atoms with Gasteiger partial charge in [0.05, 0.1) is 6.61 Å². The van der Waals surface area contributed by atoms with E-state index in [2.05, 4.69) is 65.6 Å². The average Bonchev–Trinajstić information content (AvgIpc) is 2.87. The van der Waals surface area contributed by atoms with Crippen LogP contribution in [-0.4, -0.2) is 55.0 Å². The Morgan fingerprint density at radius 3 is 1.84 bits per heavy atom. The van der Waals surface area contributed by atoms with Gasteiger partial charge in [0.1, 0.15) is 6.10 Å². The maximum Gasteiger partial charge on any atom is 0.222 e. The lowest BCUT2D eigenvalue weighted by Gasteiger charge is -2.35. The highest BCUT2D eigenvalue weighted by Gasteiger charge is 2.21. The van der Waals surface area contributed by atoms with Crippen LogP contribution >= 0.6 is 0 Å². The maximum atomic E-state index is 12.6. The molecule has 0 atom stereocenters.